The van der Waals surface area contributed by atoms with Gasteiger partial charge in [-0.2, -0.15) is 0 Å². The zero-order chi connectivity index (χ0) is 21.5. The van der Waals surface area contributed by atoms with Crippen LogP contribution in [0, 0.1) is 5.92 Å². The van der Waals surface area contributed by atoms with Crippen LogP contribution in [0.4, 0.5) is 0 Å². The van der Waals surface area contributed by atoms with Crippen molar-refractivity contribution in [2.24, 2.45) is 5.92 Å². The van der Waals surface area contributed by atoms with Crippen molar-refractivity contribution in [2.45, 2.75) is 77.5 Å². The third-order valence-corrected chi connectivity index (χ3v) is 5.91. The Hall–Kier alpha value is -2.41. The van der Waals surface area contributed by atoms with E-state index in [1.165, 1.54) is 6.92 Å². The molecule has 0 radical (unpaired) electrons. The summed E-state index contributed by atoms with van der Waals surface area (Å²) in [6.45, 7) is 12.5. The Morgan fingerprint density at radius 3 is 2.52 bits per heavy atom. The number of epoxide rings is 1. The van der Waals surface area contributed by atoms with Crippen molar-refractivity contribution in [3.05, 3.63) is 35.5 Å². The minimum Gasteiger partial charge on any atom is -0.459 e. The second kappa shape index (κ2) is 7.78. The average Bonchev–Trinajstić information content (AvgIpc) is 3.15. The molecule has 0 aromatic rings. The fraction of sp³-hybridized carbons (Fsp3) is 0.591. The minimum atomic E-state index is -0.959. The molecule has 6 atom stereocenters. The molecule has 3 rings (SSSR count). The summed E-state index contributed by atoms with van der Waals surface area (Å²) in [4.78, 5) is 36.4. The topological polar surface area (TPSA) is 91.4 Å². The number of ether oxygens (including phenoxy) is 4. The van der Waals surface area contributed by atoms with Crippen LogP contribution in [-0.2, 0) is 33.3 Å². The van der Waals surface area contributed by atoms with Crippen molar-refractivity contribution < 1.29 is 33.3 Å². The fourth-order valence-electron chi connectivity index (χ4n) is 3.83. The van der Waals surface area contributed by atoms with Crippen LogP contribution < -0.4 is 0 Å². The molecule has 0 spiro atoms. The molecule has 0 unspecified atom stereocenters. The summed E-state index contributed by atoms with van der Waals surface area (Å²) in [5.41, 5.74) is 1.03. The third-order valence-electron chi connectivity index (χ3n) is 5.91. The lowest BCUT2D eigenvalue weighted by Gasteiger charge is -2.29. The van der Waals surface area contributed by atoms with Crippen LogP contribution in [0.2, 0.25) is 0 Å². The predicted molar refractivity (Wildman–Crippen MR) is 104 cm³/mol. The molecule has 2 saturated heterocycles. The number of carbonyl (C=O) groups is 3. The van der Waals surface area contributed by atoms with Crippen molar-refractivity contribution in [3.8, 4) is 0 Å². The summed E-state index contributed by atoms with van der Waals surface area (Å²) in [7, 11) is 0. The Morgan fingerprint density at radius 2 is 1.93 bits per heavy atom. The highest BCUT2D eigenvalue weighted by atomic mass is 16.7. The average molecular weight is 404 g/mol. The number of esters is 3. The summed E-state index contributed by atoms with van der Waals surface area (Å²) < 4.78 is 22.2. The largest absolute Gasteiger partial charge is 0.459 e. The molecule has 0 amide bonds. The summed E-state index contributed by atoms with van der Waals surface area (Å²) in [5.74, 6) is -1.88. The summed E-state index contributed by atoms with van der Waals surface area (Å²) in [6.07, 6.45) is 2.69. The maximum atomic E-state index is 12.7. The van der Waals surface area contributed by atoms with Gasteiger partial charge in [0.2, 0.25) is 0 Å². The van der Waals surface area contributed by atoms with Gasteiger partial charge in [0.25, 0.3) is 0 Å². The molecule has 1 aliphatic carbocycles. The molecule has 0 aromatic carbocycles. The monoisotopic (exact) mass is 404 g/mol. The molecule has 0 bridgehead atoms. The predicted octanol–water partition coefficient (Wildman–Crippen LogP) is 2.79. The highest BCUT2D eigenvalue weighted by Gasteiger charge is 2.58. The van der Waals surface area contributed by atoms with Crippen LogP contribution in [0.1, 0.15) is 47.5 Å². The first kappa shape index (κ1) is 21.3. The molecule has 0 aromatic heterocycles. The first-order valence-corrected chi connectivity index (χ1v) is 9.82. The molecule has 7 heteroatoms. The lowest BCUT2D eigenvalue weighted by atomic mass is 9.85. The van der Waals surface area contributed by atoms with Gasteiger partial charge in [-0.15, -0.1) is 0 Å². The van der Waals surface area contributed by atoms with Crippen molar-refractivity contribution in [1.82, 2.24) is 0 Å². The first-order valence-electron chi connectivity index (χ1n) is 9.82. The van der Waals surface area contributed by atoms with Gasteiger partial charge in [-0.1, -0.05) is 18.2 Å². The van der Waals surface area contributed by atoms with Crippen LogP contribution in [0.5, 0.6) is 0 Å². The Balaban J connectivity index is 1.93. The van der Waals surface area contributed by atoms with Gasteiger partial charge in [0, 0.05) is 25.3 Å². The minimum absolute atomic E-state index is 0.210. The van der Waals surface area contributed by atoms with Crippen LogP contribution in [0.15, 0.2) is 35.5 Å². The van der Waals surface area contributed by atoms with E-state index in [1.54, 1.807) is 13.0 Å². The van der Waals surface area contributed by atoms with Gasteiger partial charge in [0.05, 0.1) is 12.0 Å². The maximum Gasteiger partial charge on any atom is 0.341 e. The fourth-order valence-corrected chi connectivity index (χ4v) is 3.83. The number of fused-ring (bicyclic) bond motifs is 1. The summed E-state index contributed by atoms with van der Waals surface area (Å²) in [6, 6.07) is 0. The van der Waals surface area contributed by atoms with E-state index in [1.807, 2.05) is 26.8 Å². The SMILES string of the molecule is C=C1C(=O)O[C@@H]2/C=C(\C)[C@@H](OC(C)=O)C/C=C(\C)C[C@@H](OC(=O)[C@]3(C)O[C@@H]3C)[C@@H]12. The van der Waals surface area contributed by atoms with E-state index >= 15 is 0 Å². The third kappa shape index (κ3) is 4.29. The quantitative estimate of drug-likeness (QED) is 0.235. The lowest BCUT2D eigenvalue weighted by molar-refractivity contribution is -0.158. The van der Waals surface area contributed by atoms with Crippen molar-refractivity contribution >= 4 is 17.9 Å². The molecular formula is C22H28O7. The standard InChI is InChI=1S/C22H28O7/c1-11-7-8-16(26-15(5)23)12(2)10-18-19(13(3)20(24)27-18)17(9-11)28-21(25)22(6)14(4)29-22/h7,10,14,16-19H,3,8-9H2,1-2,4-6H3/b11-7+,12-10+/t14-,16+,17-,18-,19-,22-/m1/s1. The number of hydrogen-bond acceptors (Lipinski definition) is 7. The summed E-state index contributed by atoms with van der Waals surface area (Å²) in [5, 5.41) is 0. The number of hydrogen-bond donors (Lipinski definition) is 0. The molecule has 7 nitrogen and oxygen atoms in total. The molecule has 29 heavy (non-hydrogen) atoms. The van der Waals surface area contributed by atoms with Crippen molar-refractivity contribution in [3.63, 3.8) is 0 Å². The van der Waals surface area contributed by atoms with Gasteiger partial charge >= 0.3 is 17.9 Å². The number of rotatable bonds is 3. The van der Waals surface area contributed by atoms with Gasteiger partial charge in [-0.25, -0.2) is 9.59 Å². The van der Waals surface area contributed by atoms with E-state index in [9.17, 15) is 14.4 Å². The van der Waals surface area contributed by atoms with Crippen LogP contribution in [-0.4, -0.2) is 47.9 Å². The van der Waals surface area contributed by atoms with E-state index in [4.69, 9.17) is 18.9 Å². The van der Waals surface area contributed by atoms with Gasteiger partial charge in [0.15, 0.2) is 5.60 Å². The zero-order valence-corrected chi connectivity index (χ0v) is 17.5. The Morgan fingerprint density at radius 1 is 1.28 bits per heavy atom. The number of carbonyl (C=O) groups excluding carboxylic acids is 3. The van der Waals surface area contributed by atoms with E-state index in [-0.39, 0.29) is 17.6 Å². The first-order chi connectivity index (χ1) is 13.5. The molecule has 158 valence electrons. The molecule has 2 aliphatic heterocycles. The highest BCUT2D eigenvalue weighted by Crippen LogP contribution is 2.40. The Bertz CT molecular complexity index is 808. The van der Waals surface area contributed by atoms with Crippen LogP contribution >= 0.6 is 0 Å². The van der Waals surface area contributed by atoms with E-state index in [2.05, 4.69) is 6.58 Å². The maximum absolute atomic E-state index is 12.7. The van der Waals surface area contributed by atoms with E-state index in [0.29, 0.717) is 12.8 Å². The van der Waals surface area contributed by atoms with E-state index < -0.39 is 41.8 Å². The molecule has 0 saturated carbocycles. The Kier molecular flexibility index (Phi) is 5.72. The molecule has 2 heterocycles. The molecule has 3 aliphatic rings. The second-order valence-electron chi connectivity index (χ2n) is 8.23. The van der Waals surface area contributed by atoms with E-state index in [0.717, 1.165) is 11.1 Å². The van der Waals surface area contributed by atoms with Gasteiger partial charge in [-0.05, 0) is 39.3 Å². The Labute approximate surface area is 170 Å². The smallest absolute Gasteiger partial charge is 0.341 e. The molecule has 0 N–H and O–H groups in total. The molecule has 2 fully saturated rings. The van der Waals surface area contributed by atoms with Crippen LogP contribution in [0.25, 0.3) is 0 Å². The normalized spacial score (nSPS) is 40.5. The van der Waals surface area contributed by atoms with Gasteiger partial charge in [0.1, 0.15) is 18.3 Å². The van der Waals surface area contributed by atoms with Gasteiger partial charge in [-0.3, -0.25) is 4.79 Å². The zero-order valence-electron chi connectivity index (χ0n) is 17.5. The van der Waals surface area contributed by atoms with Gasteiger partial charge < -0.3 is 18.9 Å². The highest BCUT2D eigenvalue weighted by molar-refractivity contribution is 5.91. The second-order valence-corrected chi connectivity index (χ2v) is 8.23. The summed E-state index contributed by atoms with van der Waals surface area (Å²) >= 11 is 0. The lowest BCUT2D eigenvalue weighted by Crippen LogP contribution is -2.38. The molecular weight excluding hydrogens is 376 g/mol. The van der Waals surface area contributed by atoms with Crippen LogP contribution in [0.3, 0.4) is 0 Å². The van der Waals surface area contributed by atoms with Crippen molar-refractivity contribution in [2.75, 3.05) is 0 Å². The van der Waals surface area contributed by atoms with Crippen molar-refractivity contribution in [1.29, 1.82) is 0 Å².